The molecule has 4 nitrogen and oxygen atoms in total. The molecule has 0 fully saturated rings. The van der Waals surface area contributed by atoms with E-state index in [1.807, 2.05) is 54.7 Å². The van der Waals surface area contributed by atoms with E-state index in [4.69, 9.17) is 16.7 Å². The molecule has 1 heterocycles. The Kier molecular flexibility index (Phi) is 4.53. The number of rotatable bonds is 5. The molecule has 1 unspecified atom stereocenters. The third-order valence-electron chi connectivity index (χ3n) is 3.85. The topological polar surface area (TPSA) is 65.1 Å². The monoisotopic (exact) mass is 328 g/mol. The number of H-pyrrole nitrogens is 1. The minimum atomic E-state index is -1.01. The number of carboxylic acid groups (broad SMARTS) is 1. The molecule has 3 aromatic rings. The highest BCUT2D eigenvalue weighted by Gasteiger charge is 2.15. The average Bonchev–Trinajstić information content (AvgIpc) is 2.90. The Morgan fingerprint density at radius 2 is 1.96 bits per heavy atom. The number of benzene rings is 2. The van der Waals surface area contributed by atoms with E-state index in [0.29, 0.717) is 17.9 Å². The van der Waals surface area contributed by atoms with Crippen LogP contribution in [0, 0.1) is 0 Å². The lowest BCUT2D eigenvalue weighted by atomic mass is 9.99. The largest absolute Gasteiger partial charge is 0.465 e. The molecule has 1 amide bonds. The molecular formula is C18H17ClN2O2. The van der Waals surface area contributed by atoms with Gasteiger partial charge in [0.2, 0.25) is 0 Å². The Balaban J connectivity index is 1.84. The number of hydrogen-bond acceptors (Lipinski definition) is 1. The number of carbonyl (C=O) groups is 1. The number of halogens is 1. The smallest absolute Gasteiger partial charge is 0.404 e. The highest BCUT2D eigenvalue weighted by Crippen LogP contribution is 2.24. The van der Waals surface area contributed by atoms with Crippen LogP contribution in [0.15, 0.2) is 54.7 Å². The van der Waals surface area contributed by atoms with Gasteiger partial charge >= 0.3 is 6.09 Å². The minimum Gasteiger partial charge on any atom is -0.465 e. The molecule has 1 atom stereocenters. The average molecular weight is 329 g/mol. The Morgan fingerprint density at radius 3 is 2.70 bits per heavy atom. The Morgan fingerprint density at radius 1 is 1.17 bits per heavy atom. The molecule has 5 heteroatoms. The van der Waals surface area contributed by atoms with Gasteiger partial charge in [-0.2, -0.15) is 0 Å². The first kappa shape index (κ1) is 15.4. The van der Waals surface area contributed by atoms with Gasteiger partial charge in [0.25, 0.3) is 0 Å². The third kappa shape index (κ3) is 3.85. The van der Waals surface area contributed by atoms with Crippen LogP contribution in [0.3, 0.4) is 0 Å². The quantitative estimate of drug-likeness (QED) is 0.655. The van der Waals surface area contributed by atoms with Gasteiger partial charge in [0.15, 0.2) is 0 Å². The molecule has 2 aromatic carbocycles. The zero-order valence-electron chi connectivity index (χ0n) is 12.4. The summed E-state index contributed by atoms with van der Waals surface area (Å²) in [7, 11) is 0. The molecule has 0 aliphatic carbocycles. The molecule has 0 saturated carbocycles. The van der Waals surface area contributed by atoms with Crippen molar-refractivity contribution in [2.45, 2.75) is 18.9 Å². The summed E-state index contributed by atoms with van der Waals surface area (Å²) < 4.78 is 0. The fourth-order valence-corrected chi connectivity index (χ4v) is 3.00. The zero-order chi connectivity index (χ0) is 16.2. The van der Waals surface area contributed by atoms with Crippen LogP contribution in [-0.2, 0) is 12.8 Å². The van der Waals surface area contributed by atoms with E-state index in [1.165, 1.54) is 0 Å². The Hall–Kier alpha value is -2.46. The van der Waals surface area contributed by atoms with Gasteiger partial charge in [-0.15, -0.1) is 0 Å². The number of aromatic amines is 1. The maximum atomic E-state index is 11.1. The van der Waals surface area contributed by atoms with Crippen molar-refractivity contribution in [2.75, 3.05) is 0 Å². The Labute approximate surface area is 139 Å². The van der Waals surface area contributed by atoms with E-state index in [0.717, 1.165) is 22.0 Å². The maximum Gasteiger partial charge on any atom is 0.404 e. The molecule has 3 rings (SSSR count). The van der Waals surface area contributed by atoms with Crippen molar-refractivity contribution < 1.29 is 9.90 Å². The van der Waals surface area contributed by atoms with E-state index in [2.05, 4.69) is 10.3 Å². The van der Waals surface area contributed by atoms with Crippen molar-refractivity contribution in [3.8, 4) is 0 Å². The standard InChI is InChI=1S/C18H17ClN2O2/c19-14-6-7-17-16(10-14)13(11-20-17)9-15(21-18(22)23)8-12-4-2-1-3-5-12/h1-7,10-11,15,20-21H,8-9H2,(H,22,23). The summed E-state index contributed by atoms with van der Waals surface area (Å²) in [5, 5.41) is 13.4. The summed E-state index contributed by atoms with van der Waals surface area (Å²) in [5.41, 5.74) is 3.15. The zero-order valence-corrected chi connectivity index (χ0v) is 13.2. The van der Waals surface area contributed by atoms with Crippen molar-refractivity contribution in [1.29, 1.82) is 0 Å². The van der Waals surface area contributed by atoms with E-state index < -0.39 is 6.09 Å². The van der Waals surface area contributed by atoms with Crippen LogP contribution in [0.25, 0.3) is 10.9 Å². The van der Waals surface area contributed by atoms with E-state index in [9.17, 15) is 4.79 Å². The predicted molar refractivity (Wildman–Crippen MR) is 92.1 cm³/mol. The van der Waals surface area contributed by atoms with Gasteiger partial charge in [0.05, 0.1) is 0 Å². The number of aromatic nitrogens is 1. The molecule has 1 aromatic heterocycles. The fraction of sp³-hybridized carbons (Fsp3) is 0.167. The predicted octanol–water partition coefficient (Wildman–Crippen LogP) is 4.24. The SMILES string of the molecule is O=C(O)NC(Cc1ccccc1)Cc1c[nH]c2ccc(Cl)cc12. The van der Waals surface area contributed by atoms with E-state index >= 15 is 0 Å². The lowest BCUT2D eigenvalue weighted by molar-refractivity contribution is 0.189. The van der Waals surface area contributed by atoms with E-state index in [1.54, 1.807) is 0 Å². The first-order valence-corrected chi connectivity index (χ1v) is 7.78. The summed E-state index contributed by atoms with van der Waals surface area (Å²) in [5.74, 6) is 0. The molecule has 23 heavy (non-hydrogen) atoms. The number of nitrogens with one attached hydrogen (secondary N) is 2. The minimum absolute atomic E-state index is 0.201. The highest BCUT2D eigenvalue weighted by molar-refractivity contribution is 6.31. The molecular weight excluding hydrogens is 312 g/mol. The van der Waals surface area contributed by atoms with Crippen LogP contribution in [-0.4, -0.2) is 22.2 Å². The molecule has 0 aliphatic rings. The van der Waals surface area contributed by atoms with Crippen LogP contribution in [0.2, 0.25) is 5.02 Å². The van der Waals surface area contributed by atoms with Crippen molar-refractivity contribution in [1.82, 2.24) is 10.3 Å². The second kappa shape index (κ2) is 6.75. The molecule has 0 spiro atoms. The number of hydrogen-bond donors (Lipinski definition) is 3. The summed E-state index contributed by atoms with van der Waals surface area (Å²) in [6.07, 6.45) is 2.15. The summed E-state index contributed by atoms with van der Waals surface area (Å²) in [4.78, 5) is 14.3. The lowest BCUT2D eigenvalue weighted by Crippen LogP contribution is -2.37. The van der Waals surface area contributed by atoms with Crippen LogP contribution >= 0.6 is 11.6 Å². The maximum absolute atomic E-state index is 11.1. The van der Waals surface area contributed by atoms with E-state index in [-0.39, 0.29) is 6.04 Å². The molecule has 0 aliphatic heterocycles. The van der Waals surface area contributed by atoms with Gasteiger partial charge in [-0.25, -0.2) is 4.79 Å². The molecule has 0 bridgehead atoms. The fourth-order valence-electron chi connectivity index (χ4n) is 2.83. The van der Waals surface area contributed by atoms with Gasteiger partial charge in [-0.05, 0) is 42.2 Å². The first-order valence-electron chi connectivity index (χ1n) is 7.41. The second-order valence-electron chi connectivity index (χ2n) is 5.54. The van der Waals surface area contributed by atoms with Crippen LogP contribution in [0.1, 0.15) is 11.1 Å². The van der Waals surface area contributed by atoms with Gasteiger partial charge < -0.3 is 15.4 Å². The van der Waals surface area contributed by atoms with Gasteiger partial charge in [0, 0.05) is 28.2 Å². The van der Waals surface area contributed by atoms with Crippen molar-refractivity contribution in [2.24, 2.45) is 0 Å². The summed E-state index contributed by atoms with van der Waals surface area (Å²) >= 11 is 6.07. The molecule has 118 valence electrons. The second-order valence-corrected chi connectivity index (χ2v) is 5.98. The van der Waals surface area contributed by atoms with Crippen molar-refractivity contribution >= 4 is 28.6 Å². The summed E-state index contributed by atoms with van der Waals surface area (Å²) in [6.45, 7) is 0. The lowest BCUT2D eigenvalue weighted by Gasteiger charge is -2.17. The van der Waals surface area contributed by atoms with Gasteiger partial charge in [0.1, 0.15) is 0 Å². The van der Waals surface area contributed by atoms with Crippen LogP contribution in [0.5, 0.6) is 0 Å². The first-order chi connectivity index (χ1) is 11.1. The van der Waals surface area contributed by atoms with Gasteiger partial charge in [-0.1, -0.05) is 41.9 Å². The normalized spacial score (nSPS) is 12.2. The van der Waals surface area contributed by atoms with Crippen LogP contribution < -0.4 is 5.32 Å². The van der Waals surface area contributed by atoms with Crippen molar-refractivity contribution in [3.05, 3.63) is 70.9 Å². The van der Waals surface area contributed by atoms with Crippen molar-refractivity contribution in [3.63, 3.8) is 0 Å². The molecule has 0 radical (unpaired) electrons. The third-order valence-corrected chi connectivity index (χ3v) is 4.08. The number of fused-ring (bicyclic) bond motifs is 1. The highest BCUT2D eigenvalue weighted by atomic mass is 35.5. The molecule has 0 saturated heterocycles. The number of amides is 1. The van der Waals surface area contributed by atoms with Gasteiger partial charge in [-0.3, -0.25) is 0 Å². The summed E-state index contributed by atoms with van der Waals surface area (Å²) in [6, 6.07) is 15.3. The molecule has 3 N–H and O–H groups in total. The van der Waals surface area contributed by atoms with Crippen LogP contribution in [0.4, 0.5) is 4.79 Å². The Bertz CT molecular complexity index is 814.